The second-order valence-corrected chi connectivity index (χ2v) is 2.65. The molecule has 1 N–H and O–H groups in total. The molecule has 1 heterocycles. The van der Waals surface area contributed by atoms with E-state index in [1.807, 2.05) is 0 Å². The second kappa shape index (κ2) is 1.70. The molecule has 1 aliphatic rings. The normalized spacial score (nSPS) is 43.0. The monoisotopic (exact) mass is 130 g/mol. The number of ether oxygens (including phenoxy) is 1. The Morgan fingerprint density at radius 1 is 1.89 bits per heavy atom. The average molecular weight is 130 g/mol. The van der Waals surface area contributed by atoms with E-state index in [1.165, 1.54) is 6.92 Å². The minimum Gasteiger partial charge on any atom is -0.463 e. The van der Waals surface area contributed by atoms with Gasteiger partial charge in [0.2, 0.25) is 0 Å². The number of carbonyl (C=O) groups excluding carboxylic acids is 1. The summed E-state index contributed by atoms with van der Waals surface area (Å²) in [5.41, 5.74) is -1.25. The Hall–Kier alpha value is -0.570. The van der Waals surface area contributed by atoms with E-state index in [9.17, 15) is 9.90 Å². The van der Waals surface area contributed by atoms with Gasteiger partial charge in [0.05, 0.1) is 6.61 Å². The van der Waals surface area contributed by atoms with Crippen LogP contribution in [0.2, 0.25) is 0 Å². The molecule has 0 aliphatic carbocycles. The van der Waals surface area contributed by atoms with Crippen LogP contribution in [0.1, 0.15) is 13.8 Å². The second-order valence-electron chi connectivity index (χ2n) is 2.65. The van der Waals surface area contributed by atoms with E-state index in [-0.39, 0.29) is 5.92 Å². The lowest BCUT2D eigenvalue weighted by Gasteiger charge is -2.14. The van der Waals surface area contributed by atoms with E-state index in [0.29, 0.717) is 6.61 Å². The summed E-state index contributed by atoms with van der Waals surface area (Å²) in [4.78, 5) is 10.6. The largest absolute Gasteiger partial charge is 0.463 e. The molecule has 1 fully saturated rings. The van der Waals surface area contributed by atoms with Crippen molar-refractivity contribution in [2.45, 2.75) is 19.4 Å². The van der Waals surface area contributed by atoms with Gasteiger partial charge in [0.25, 0.3) is 0 Å². The molecule has 0 radical (unpaired) electrons. The van der Waals surface area contributed by atoms with Crippen molar-refractivity contribution in [1.29, 1.82) is 0 Å². The third-order valence-corrected chi connectivity index (χ3v) is 1.84. The van der Waals surface area contributed by atoms with Gasteiger partial charge in [-0.2, -0.15) is 0 Å². The third kappa shape index (κ3) is 0.812. The molecule has 0 aromatic rings. The lowest BCUT2D eigenvalue weighted by molar-refractivity contribution is -0.152. The number of hydrogen-bond donors (Lipinski definition) is 1. The van der Waals surface area contributed by atoms with Crippen LogP contribution >= 0.6 is 0 Å². The first kappa shape index (κ1) is 6.55. The molecular weight excluding hydrogens is 120 g/mol. The van der Waals surface area contributed by atoms with E-state index in [4.69, 9.17) is 0 Å². The molecule has 1 rings (SSSR count). The Bertz CT molecular complexity index is 139. The quantitative estimate of drug-likeness (QED) is 0.467. The van der Waals surface area contributed by atoms with Crippen molar-refractivity contribution in [3.63, 3.8) is 0 Å². The zero-order valence-electron chi connectivity index (χ0n) is 5.55. The van der Waals surface area contributed by atoms with Gasteiger partial charge in [0.1, 0.15) is 0 Å². The fraction of sp³-hybridized carbons (Fsp3) is 0.833. The van der Waals surface area contributed by atoms with E-state index in [2.05, 4.69) is 4.74 Å². The highest BCUT2D eigenvalue weighted by Crippen LogP contribution is 2.24. The van der Waals surface area contributed by atoms with Crippen molar-refractivity contribution in [1.82, 2.24) is 0 Å². The van der Waals surface area contributed by atoms with Crippen LogP contribution in [-0.4, -0.2) is 23.3 Å². The number of esters is 1. The molecule has 52 valence electrons. The molecule has 3 nitrogen and oxygen atoms in total. The van der Waals surface area contributed by atoms with E-state index in [1.54, 1.807) is 6.92 Å². The first-order chi connectivity index (χ1) is 4.05. The predicted octanol–water partition coefficient (Wildman–Crippen LogP) is -0.0697. The topological polar surface area (TPSA) is 46.5 Å². The fourth-order valence-corrected chi connectivity index (χ4v) is 0.710. The minimum atomic E-state index is -1.25. The zero-order valence-corrected chi connectivity index (χ0v) is 5.55. The Kier molecular flexibility index (Phi) is 1.24. The molecule has 0 spiro atoms. The summed E-state index contributed by atoms with van der Waals surface area (Å²) in [6.45, 7) is 3.60. The van der Waals surface area contributed by atoms with E-state index < -0.39 is 11.6 Å². The van der Waals surface area contributed by atoms with E-state index in [0.717, 1.165) is 0 Å². The van der Waals surface area contributed by atoms with Crippen molar-refractivity contribution in [2.24, 2.45) is 5.92 Å². The Labute approximate surface area is 53.6 Å². The first-order valence-corrected chi connectivity index (χ1v) is 2.94. The van der Waals surface area contributed by atoms with Gasteiger partial charge in [-0.05, 0) is 6.92 Å². The third-order valence-electron chi connectivity index (χ3n) is 1.84. The Morgan fingerprint density at radius 2 is 2.44 bits per heavy atom. The molecule has 0 bridgehead atoms. The average Bonchev–Trinajstić information content (AvgIpc) is 1.96. The van der Waals surface area contributed by atoms with Crippen molar-refractivity contribution >= 4 is 5.97 Å². The van der Waals surface area contributed by atoms with Crippen LogP contribution in [-0.2, 0) is 9.53 Å². The summed E-state index contributed by atoms with van der Waals surface area (Å²) >= 11 is 0. The summed E-state index contributed by atoms with van der Waals surface area (Å²) in [5.74, 6) is -0.583. The summed E-state index contributed by atoms with van der Waals surface area (Å²) in [6, 6.07) is 0. The molecule has 0 aromatic carbocycles. The first-order valence-electron chi connectivity index (χ1n) is 2.94. The van der Waals surface area contributed by atoms with Crippen LogP contribution in [0.25, 0.3) is 0 Å². The van der Waals surface area contributed by atoms with E-state index >= 15 is 0 Å². The van der Waals surface area contributed by atoms with Gasteiger partial charge in [-0.3, -0.25) is 0 Å². The summed E-state index contributed by atoms with van der Waals surface area (Å²) in [7, 11) is 0. The molecule has 1 aliphatic heterocycles. The van der Waals surface area contributed by atoms with Gasteiger partial charge in [0.15, 0.2) is 5.60 Å². The van der Waals surface area contributed by atoms with Gasteiger partial charge < -0.3 is 9.84 Å². The van der Waals surface area contributed by atoms with Gasteiger partial charge >= 0.3 is 5.97 Å². The summed E-state index contributed by atoms with van der Waals surface area (Å²) in [6.07, 6.45) is 0. The molecule has 0 unspecified atom stereocenters. The molecular formula is C6H10O3. The molecule has 3 heteroatoms. The highest BCUT2D eigenvalue weighted by atomic mass is 16.6. The van der Waals surface area contributed by atoms with Crippen molar-refractivity contribution < 1.29 is 14.6 Å². The van der Waals surface area contributed by atoms with Crippen molar-refractivity contribution in [3.8, 4) is 0 Å². The Morgan fingerprint density at radius 3 is 2.56 bits per heavy atom. The maximum absolute atomic E-state index is 10.6. The smallest absolute Gasteiger partial charge is 0.338 e. The molecule has 2 atom stereocenters. The molecule has 9 heavy (non-hydrogen) atoms. The Balaban J connectivity index is 2.78. The molecule has 0 saturated carbocycles. The number of carbonyl (C=O) groups is 1. The number of rotatable bonds is 0. The lowest BCUT2D eigenvalue weighted by Crippen LogP contribution is -2.35. The van der Waals surface area contributed by atoms with Gasteiger partial charge in [-0.15, -0.1) is 0 Å². The maximum atomic E-state index is 10.6. The van der Waals surface area contributed by atoms with Crippen molar-refractivity contribution in [2.75, 3.05) is 6.61 Å². The highest BCUT2D eigenvalue weighted by Gasteiger charge is 2.44. The van der Waals surface area contributed by atoms with Crippen LogP contribution in [0.15, 0.2) is 0 Å². The molecule has 1 saturated heterocycles. The van der Waals surface area contributed by atoms with Crippen LogP contribution in [0.5, 0.6) is 0 Å². The van der Waals surface area contributed by atoms with Crippen LogP contribution in [0, 0.1) is 5.92 Å². The van der Waals surface area contributed by atoms with Crippen LogP contribution < -0.4 is 0 Å². The molecule has 0 aromatic heterocycles. The number of cyclic esters (lactones) is 1. The summed E-state index contributed by atoms with van der Waals surface area (Å²) < 4.78 is 4.59. The SMILES string of the molecule is C[C@@H]1COC(=O)[C@]1(C)O. The van der Waals surface area contributed by atoms with Crippen LogP contribution in [0.3, 0.4) is 0 Å². The lowest BCUT2D eigenvalue weighted by atomic mass is 9.95. The summed E-state index contributed by atoms with van der Waals surface area (Å²) in [5, 5.41) is 9.26. The van der Waals surface area contributed by atoms with Gasteiger partial charge in [0, 0.05) is 5.92 Å². The minimum absolute atomic E-state index is 0.0787. The standard InChI is InChI=1S/C6H10O3/c1-4-3-9-5(7)6(4,2)8/h4,8H,3H2,1-2H3/t4-,6-/m1/s1. The van der Waals surface area contributed by atoms with Gasteiger partial charge in [-0.1, -0.05) is 6.92 Å². The predicted molar refractivity (Wildman–Crippen MR) is 30.7 cm³/mol. The van der Waals surface area contributed by atoms with Gasteiger partial charge in [-0.25, -0.2) is 4.79 Å². The zero-order chi connectivity index (χ0) is 7.07. The maximum Gasteiger partial charge on any atom is 0.338 e. The van der Waals surface area contributed by atoms with Crippen LogP contribution in [0.4, 0.5) is 0 Å². The molecule has 0 amide bonds. The van der Waals surface area contributed by atoms with Crippen molar-refractivity contribution in [3.05, 3.63) is 0 Å². The number of aliphatic hydroxyl groups is 1. The number of hydrogen-bond acceptors (Lipinski definition) is 3. The highest BCUT2D eigenvalue weighted by molar-refractivity contribution is 5.80. The fourth-order valence-electron chi connectivity index (χ4n) is 0.710.